The maximum Gasteiger partial charge on any atom is 0.234 e. The molecule has 0 aliphatic carbocycles. The van der Waals surface area contributed by atoms with Crippen molar-refractivity contribution in [2.75, 3.05) is 23.4 Å². The number of anilines is 1. The Hall–Kier alpha value is -1.65. The van der Waals surface area contributed by atoms with Crippen LogP contribution in [0.25, 0.3) is 0 Å². The zero-order valence-electron chi connectivity index (χ0n) is 12.3. The van der Waals surface area contributed by atoms with Crippen molar-refractivity contribution in [3.63, 3.8) is 0 Å². The zero-order valence-corrected chi connectivity index (χ0v) is 13.9. The van der Waals surface area contributed by atoms with Gasteiger partial charge in [-0.2, -0.15) is 0 Å². The Morgan fingerprint density at radius 2 is 1.91 bits per heavy atom. The third kappa shape index (κ3) is 5.28. The summed E-state index contributed by atoms with van der Waals surface area (Å²) in [5, 5.41) is 3.34. The average molecular weight is 336 g/mol. The zero-order chi connectivity index (χ0) is 15.8. The summed E-state index contributed by atoms with van der Waals surface area (Å²) in [4.78, 5) is 11.8. The number of para-hydroxylation sites is 2. The van der Waals surface area contributed by atoms with E-state index >= 15 is 0 Å². The average Bonchev–Trinajstić information content (AvgIpc) is 2.51. The second-order valence-corrected chi connectivity index (χ2v) is 6.21. The van der Waals surface area contributed by atoms with Crippen LogP contribution >= 0.6 is 23.4 Å². The van der Waals surface area contributed by atoms with Gasteiger partial charge in [-0.15, -0.1) is 11.8 Å². The molecule has 116 valence electrons. The Morgan fingerprint density at radius 3 is 2.68 bits per heavy atom. The second-order valence-electron chi connectivity index (χ2n) is 4.69. The van der Waals surface area contributed by atoms with Crippen molar-refractivity contribution in [2.45, 2.75) is 6.92 Å². The van der Waals surface area contributed by atoms with Gasteiger partial charge in [0.2, 0.25) is 5.91 Å². The number of nitrogens with one attached hydrogen (secondary N) is 1. The fourth-order valence-electron chi connectivity index (χ4n) is 1.84. The fraction of sp³-hybridized carbons (Fsp3) is 0.235. The van der Waals surface area contributed by atoms with Gasteiger partial charge in [0.15, 0.2) is 0 Å². The molecular weight excluding hydrogens is 318 g/mol. The summed E-state index contributed by atoms with van der Waals surface area (Å²) < 4.78 is 5.68. The van der Waals surface area contributed by atoms with Gasteiger partial charge in [-0.25, -0.2) is 0 Å². The molecule has 0 fully saturated rings. The second kappa shape index (κ2) is 8.71. The standard InChI is InChI=1S/C17H18ClNO2S/c1-13-6-2-5-9-16(13)21-10-11-22-12-17(20)19-15-8-4-3-7-14(15)18/h2-9H,10-12H2,1H3,(H,19,20). The Balaban J connectivity index is 1.65. The predicted molar refractivity (Wildman–Crippen MR) is 94.1 cm³/mol. The van der Waals surface area contributed by atoms with E-state index in [1.807, 2.05) is 43.3 Å². The van der Waals surface area contributed by atoms with Crippen LogP contribution in [-0.4, -0.2) is 24.0 Å². The highest BCUT2D eigenvalue weighted by Crippen LogP contribution is 2.20. The van der Waals surface area contributed by atoms with Crippen LogP contribution in [0.15, 0.2) is 48.5 Å². The lowest BCUT2D eigenvalue weighted by Crippen LogP contribution is -2.15. The molecule has 2 aromatic carbocycles. The highest BCUT2D eigenvalue weighted by molar-refractivity contribution is 7.99. The molecule has 0 aliphatic heterocycles. The molecule has 1 N–H and O–H groups in total. The van der Waals surface area contributed by atoms with Gasteiger partial charge in [0.25, 0.3) is 0 Å². The van der Waals surface area contributed by atoms with E-state index < -0.39 is 0 Å². The van der Waals surface area contributed by atoms with Crippen molar-refractivity contribution in [3.8, 4) is 5.75 Å². The van der Waals surface area contributed by atoms with Gasteiger partial charge in [-0.3, -0.25) is 4.79 Å². The molecule has 22 heavy (non-hydrogen) atoms. The van der Waals surface area contributed by atoms with Crippen molar-refractivity contribution in [1.82, 2.24) is 0 Å². The maximum atomic E-state index is 11.8. The third-order valence-corrected chi connectivity index (χ3v) is 4.21. The van der Waals surface area contributed by atoms with Crippen molar-refractivity contribution in [3.05, 3.63) is 59.1 Å². The highest BCUT2D eigenvalue weighted by Gasteiger charge is 2.05. The highest BCUT2D eigenvalue weighted by atomic mass is 35.5. The van der Waals surface area contributed by atoms with Crippen LogP contribution in [0.3, 0.4) is 0 Å². The van der Waals surface area contributed by atoms with E-state index in [1.165, 1.54) is 11.8 Å². The van der Waals surface area contributed by atoms with Crippen LogP contribution in [-0.2, 0) is 4.79 Å². The molecule has 0 aromatic heterocycles. The summed E-state index contributed by atoms with van der Waals surface area (Å²) in [5.41, 5.74) is 1.76. The van der Waals surface area contributed by atoms with Crippen LogP contribution in [0, 0.1) is 6.92 Å². The lowest BCUT2D eigenvalue weighted by Gasteiger charge is -2.09. The molecule has 0 atom stereocenters. The quantitative estimate of drug-likeness (QED) is 0.762. The fourth-order valence-corrected chi connectivity index (χ4v) is 2.63. The number of ether oxygens (including phenoxy) is 1. The number of rotatable bonds is 7. The Kier molecular flexibility index (Phi) is 6.62. The lowest BCUT2D eigenvalue weighted by molar-refractivity contribution is -0.113. The molecule has 0 unspecified atom stereocenters. The first-order valence-electron chi connectivity index (χ1n) is 6.97. The van der Waals surface area contributed by atoms with Crippen LogP contribution in [0.2, 0.25) is 5.02 Å². The van der Waals surface area contributed by atoms with Gasteiger partial charge < -0.3 is 10.1 Å². The number of hydrogen-bond donors (Lipinski definition) is 1. The predicted octanol–water partition coefficient (Wildman–Crippen LogP) is 4.40. The summed E-state index contributed by atoms with van der Waals surface area (Å²) in [7, 11) is 0. The lowest BCUT2D eigenvalue weighted by atomic mass is 10.2. The number of halogens is 1. The molecule has 5 heteroatoms. The van der Waals surface area contributed by atoms with E-state index in [0.29, 0.717) is 23.1 Å². The van der Waals surface area contributed by atoms with Gasteiger partial charge in [0.05, 0.1) is 23.1 Å². The molecule has 2 rings (SSSR count). The van der Waals surface area contributed by atoms with Crippen molar-refractivity contribution in [1.29, 1.82) is 0 Å². The number of carbonyl (C=O) groups excluding carboxylic acids is 1. The molecule has 0 radical (unpaired) electrons. The molecule has 0 saturated heterocycles. The van der Waals surface area contributed by atoms with E-state index in [1.54, 1.807) is 12.1 Å². The van der Waals surface area contributed by atoms with Gasteiger partial charge in [0, 0.05) is 5.75 Å². The summed E-state index contributed by atoms with van der Waals surface area (Å²) in [6.07, 6.45) is 0. The van der Waals surface area contributed by atoms with Gasteiger partial charge >= 0.3 is 0 Å². The molecule has 0 spiro atoms. The number of benzene rings is 2. The molecule has 0 bridgehead atoms. The van der Waals surface area contributed by atoms with Gasteiger partial charge in [-0.1, -0.05) is 41.9 Å². The van der Waals surface area contributed by atoms with Crippen LogP contribution in [0.1, 0.15) is 5.56 Å². The Labute approximate surface area is 140 Å². The molecule has 2 aromatic rings. The molecule has 1 amide bonds. The third-order valence-electron chi connectivity index (χ3n) is 2.96. The van der Waals surface area contributed by atoms with E-state index in [4.69, 9.17) is 16.3 Å². The number of aryl methyl sites for hydroxylation is 1. The molecule has 0 saturated carbocycles. The monoisotopic (exact) mass is 335 g/mol. The first-order chi connectivity index (χ1) is 10.7. The van der Waals surface area contributed by atoms with Crippen molar-refractivity contribution in [2.24, 2.45) is 0 Å². The van der Waals surface area contributed by atoms with Crippen LogP contribution in [0.5, 0.6) is 5.75 Å². The van der Waals surface area contributed by atoms with Gasteiger partial charge in [-0.05, 0) is 30.7 Å². The molecule has 3 nitrogen and oxygen atoms in total. The van der Waals surface area contributed by atoms with Crippen molar-refractivity contribution >= 4 is 35.0 Å². The van der Waals surface area contributed by atoms with E-state index in [0.717, 1.165) is 17.1 Å². The maximum absolute atomic E-state index is 11.8. The summed E-state index contributed by atoms with van der Waals surface area (Å²) in [5.74, 6) is 1.96. The largest absolute Gasteiger partial charge is 0.492 e. The normalized spacial score (nSPS) is 10.3. The smallest absolute Gasteiger partial charge is 0.234 e. The molecular formula is C17H18ClNO2S. The minimum absolute atomic E-state index is 0.0611. The minimum Gasteiger partial charge on any atom is -0.492 e. The first kappa shape index (κ1) is 16.7. The van der Waals surface area contributed by atoms with E-state index in [9.17, 15) is 4.79 Å². The minimum atomic E-state index is -0.0611. The molecule has 0 heterocycles. The number of carbonyl (C=O) groups is 1. The number of hydrogen-bond acceptors (Lipinski definition) is 3. The topological polar surface area (TPSA) is 38.3 Å². The van der Waals surface area contributed by atoms with Crippen LogP contribution in [0.4, 0.5) is 5.69 Å². The van der Waals surface area contributed by atoms with Crippen molar-refractivity contribution < 1.29 is 9.53 Å². The SMILES string of the molecule is Cc1ccccc1OCCSCC(=O)Nc1ccccc1Cl. The Morgan fingerprint density at radius 1 is 1.18 bits per heavy atom. The van der Waals surface area contributed by atoms with Gasteiger partial charge in [0.1, 0.15) is 5.75 Å². The summed E-state index contributed by atoms with van der Waals surface area (Å²) in [6, 6.07) is 15.1. The summed E-state index contributed by atoms with van der Waals surface area (Å²) >= 11 is 7.52. The number of thioether (sulfide) groups is 1. The van der Waals surface area contributed by atoms with Crippen LogP contribution < -0.4 is 10.1 Å². The van der Waals surface area contributed by atoms with E-state index in [2.05, 4.69) is 5.32 Å². The summed E-state index contributed by atoms with van der Waals surface area (Å²) in [6.45, 7) is 2.59. The first-order valence-corrected chi connectivity index (χ1v) is 8.50. The number of amides is 1. The Bertz CT molecular complexity index is 634. The molecule has 0 aliphatic rings. The van der Waals surface area contributed by atoms with E-state index in [-0.39, 0.29) is 5.91 Å².